The Kier molecular flexibility index (Phi) is 4.71. The van der Waals surface area contributed by atoms with Crippen molar-refractivity contribution in [2.24, 2.45) is 0 Å². The third kappa shape index (κ3) is 3.27. The summed E-state index contributed by atoms with van der Waals surface area (Å²) in [6.07, 6.45) is 5.95. The largest absolute Gasteiger partial charge is 0.351 e. The molecule has 0 saturated carbocycles. The maximum atomic E-state index is 14.0. The highest BCUT2D eigenvalue weighted by Gasteiger charge is 2.24. The number of rotatable bonds is 4. The molecule has 3 rings (SSSR count). The van der Waals surface area contributed by atoms with Crippen LogP contribution in [-0.4, -0.2) is 28.3 Å². The third-order valence-corrected chi connectivity index (χ3v) is 4.96. The van der Waals surface area contributed by atoms with Gasteiger partial charge in [-0.3, -0.25) is 4.79 Å². The zero-order chi connectivity index (χ0) is 16.4. The monoisotopic (exact) mass is 333 g/mol. The van der Waals surface area contributed by atoms with Gasteiger partial charge in [0.15, 0.2) is 0 Å². The first-order chi connectivity index (χ1) is 11.1. The van der Waals surface area contributed by atoms with Crippen LogP contribution in [0.15, 0.2) is 29.3 Å². The van der Waals surface area contributed by atoms with E-state index in [1.165, 1.54) is 17.8 Å². The lowest BCUT2D eigenvalue weighted by Gasteiger charge is -2.23. The summed E-state index contributed by atoms with van der Waals surface area (Å²) in [5.41, 5.74) is 1.13. The topological polar surface area (TPSA) is 46.9 Å². The number of carbonyl (C=O) groups excluding carboxylic acids is 1. The molecule has 0 aliphatic carbocycles. The Morgan fingerprint density at radius 2 is 2.35 bits per heavy atom. The first kappa shape index (κ1) is 16.1. The highest BCUT2D eigenvalue weighted by molar-refractivity contribution is 7.98. The first-order valence-electron chi connectivity index (χ1n) is 7.74. The molecule has 2 aromatic rings. The van der Waals surface area contributed by atoms with Gasteiger partial charge >= 0.3 is 0 Å². The van der Waals surface area contributed by atoms with Crippen molar-refractivity contribution in [3.63, 3.8) is 0 Å². The van der Waals surface area contributed by atoms with E-state index in [1.54, 1.807) is 12.1 Å². The molecule has 0 saturated heterocycles. The van der Waals surface area contributed by atoms with E-state index >= 15 is 0 Å². The molecular weight excluding hydrogens is 313 g/mol. The van der Waals surface area contributed by atoms with Crippen LogP contribution in [0.1, 0.15) is 40.6 Å². The molecule has 4 nitrogen and oxygen atoms in total. The molecule has 0 spiro atoms. The predicted octanol–water partition coefficient (Wildman–Crippen LogP) is 3.36. The molecule has 122 valence electrons. The number of fused-ring (bicyclic) bond motifs is 1. The quantitative estimate of drug-likeness (QED) is 0.873. The van der Waals surface area contributed by atoms with Crippen molar-refractivity contribution < 1.29 is 9.18 Å². The molecule has 2 heterocycles. The van der Waals surface area contributed by atoms with E-state index in [2.05, 4.69) is 14.9 Å². The van der Waals surface area contributed by atoms with Crippen LogP contribution in [0.2, 0.25) is 0 Å². The molecule has 1 aromatic carbocycles. The number of carbonyl (C=O) groups is 1. The Labute approximate surface area is 139 Å². The Hall–Kier alpha value is -1.82. The van der Waals surface area contributed by atoms with Crippen LogP contribution in [0.25, 0.3) is 0 Å². The fourth-order valence-electron chi connectivity index (χ4n) is 3.10. The highest BCUT2D eigenvalue weighted by atomic mass is 32.2. The zero-order valence-corrected chi connectivity index (χ0v) is 14.1. The second-order valence-corrected chi connectivity index (χ2v) is 6.65. The lowest BCUT2D eigenvalue weighted by molar-refractivity contribution is 0.0942. The molecule has 1 N–H and O–H groups in total. The van der Waals surface area contributed by atoms with Crippen LogP contribution < -0.4 is 5.32 Å². The molecule has 23 heavy (non-hydrogen) atoms. The summed E-state index contributed by atoms with van der Waals surface area (Å²) in [4.78, 5) is 17.6. The molecule has 1 aromatic heterocycles. The summed E-state index contributed by atoms with van der Waals surface area (Å²) in [6, 6.07) is 4.71. The van der Waals surface area contributed by atoms with Gasteiger partial charge in [0.25, 0.3) is 5.91 Å². The summed E-state index contributed by atoms with van der Waals surface area (Å²) in [5.74, 6) is 0.377. The van der Waals surface area contributed by atoms with E-state index in [1.807, 2.05) is 19.4 Å². The number of aryl methyl sites for hydroxylation is 2. The number of imidazole rings is 1. The van der Waals surface area contributed by atoms with Crippen molar-refractivity contribution in [1.82, 2.24) is 14.9 Å². The number of aromatic nitrogens is 2. The number of hydrogen-bond donors (Lipinski definition) is 1. The van der Waals surface area contributed by atoms with Gasteiger partial charge in [0, 0.05) is 30.1 Å². The maximum absolute atomic E-state index is 14.0. The number of nitrogens with one attached hydrogen (secondary N) is 1. The summed E-state index contributed by atoms with van der Waals surface area (Å²) in [7, 11) is 0. The first-order valence-corrected chi connectivity index (χ1v) is 8.97. The highest BCUT2D eigenvalue weighted by Crippen LogP contribution is 2.27. The molecule has 0 fully saturated rings. The molecule has 0 radical (unpaired) electrons. The minimum absolute atomic E-state index is 0.135. The van der Waals surface area contributed by atoms with E-state index in [-0.39, 0.29) is 17.4 Å². The Morgan fingerprint density at radius 3 is 3.13 bits per heavy atom. The van der Waals surface area contributed by atoms with E-state index < -0.39 is 5.82 Å². The van der Waals surface area contributed by atoms with Crippen LogP contribution >= 0.6 is 11.8 Å². The van der Waals surface area contributed by atoms with Crippen molar-refractivity contribution in [2.45, 2.75) is 37.1 Å². The van der Waals surface area contributed by atoms with Crippen molar-refractivity contribution in [1.29, 1.82) is 0 Å². The lowest BCUT2D eigenvalue weighted by Crippen LogP contribution is -2.32. The van der Waals surface area contributed by atoms with Crippen LogP contribution in [0.4, 0.5) is 4.39 Å². The fourth-order valence-corrected chi connectivity index (χ4v) is 3.71. The second kappa shape index (κ2) is 6.74. The fraction of sp³-hybridized carbons (Fsp3) is 0.412. The van der Waals surface area contributed by atoms with Gasteiger partial charge in [0.1, 0.15) is 11.6 Å². The van der Waals surface area contributed by atoms with E-state index in [0.29, 0.717) is 11.4 Å². The van der Waals surface area contributed by atoms with Gasteiger partial charge in [-0.05, 0) is 38.2 Å². The molecule has 1 aliphatic heterocycles. The lowest BCUT2D eigenvalue weighted by atomic mass is 9.99. The summed E-state index contributed by atoms with van der Waals surface area (Å²) in [6.45, 7) is 3.44. The normalized spacial score (nSPS) is 16.9. The molecule has 1 aliphatic rings. The number of halogens is 1. The SMILES string of the molecule is CSc1cccc(F)c1C(=O)NCC1CCCn2cc(C)nc21. The molecule has 1 atom stereocenters. The molecule has 1 unspecified atom stereocenters. The Morgan fingerprint density at radius 1 is 1.52 bits per heavy atom. The number of thioether (sulfide) groups is 1. The number of nitrogens with zero attached hydrogens (tertiary/aromatic N) is 2. The zero-order valence-electron chi connectivity index (χ0n) is 13.3. The average Bonchev–Trinajstić information content (AvgIpc) is 2.92. The molecule has 6 heteroatoms. The molecular formula is C17H20FN3OS. The van der Waals surface area contributed by atoms with Crippen LogP contribution in [0.5, 0.6) is 0 Å². The summed E-state index contributed by atoms with van der Waals surface area (Å²) < 4.78 is 16.2. The third-order valence-electron chi connectivity index (χ3n) is 4.18. The second-order valence-electron chi connectivity index (χ2n) is 5.80. The number of benzene rings is 1. The minimum atomic E-state index is -0.477. The summed E-state index contributed by atoms with van der Waals surface area (Å²) >= 11 is 1.37. The van der Waals surface area contributed by atoms with Gasteiger partial charge in [-0.15, -0.1) is 11.8 Å². The van der Waals surface area contributed by atoms with Crippen molar-refractivity contribution >= 4 is 17.7 Å². The van der Waals surface area contributed by atoms with Crippen molar-refractivity contribution in [3.8, 4) is 0 Å². The number of hydrogen-bond acceptors (Lipinski definition) is 3. The van der Waals surface area contributed by atoms with Gasteiger partial charge in [0.2, 0.25) is 0 Å². The number of amides is 1. The van der Waals surface area contributed by atoms with E-state index in [4.69, 9.17) is 0 Å². The average molecular weight is 333 g/mol. The van der Waals surface area contributed by atoms with Gasteiger partial charge in [0.05, 0.1) is 11.3 Å². The molecule has 0 bridgehead atoms. The van der Waals surface area contributed by atoms with Crippen LogP contribution in [0.3, 0.4) is 0 Å². The van der Waals surface area contributed by atoms with Crippen LogP contribution in [-0.2, 0) is 6.54 Å². The standard InChI is InChI=1S/C17H20FN3OS/c1-11-10-21-8-4-5-12(16(21)20-11)9-19-17(22)15-13(18)6-3-7-14(15)23-2/h3,6-7,10,12H,4-5,8-9H2,1-2H3,(H,19,22). The van der Waals surface area contributed by atoms with Crippen LogP contribution in [0, 0.1) is 12.7 Å². The maximum Gasteiger partial charge on any atom is 0.255 e. The molecule has 1 amide bonds. The van der Waals surface area contributed by atoms with Gasteiger partial charge in [-0.1, -0.05) is 6.07 Å². The van der Waals surface area contributed by atoms with Gasteiger partial charge in [-0.25, -0.2) is 9.37 Å². The predicted molar refractivity (Wildman–Crippen MR) is 89.5 cm³/mol. The smallest absolute Gasteiger partial charge is 0.255 e. The van der Waals surface area contributed by atoms with E-state index in [0.717, 1.165) is 30.9 Å². The van der Waals surface area contributed by atoms with Gasteiger partial charge in [-0.2, -0.15) is 0 Å². The van der Waals surface area contributed by atoms with Gasteiger partial charge < -0.3 is 9.88 Å². The minimum Gasteiger partial charge on any atom is -0.351 e. The Balaban J connectivity index is 1.73. The van der Waals surface area contributed by atoms with Crippen molar-refractivity contribution in [2.75, 3.05) is 12.8 Å². The van der Waals surface area contributed by atoms with Crippen molar-refractivity contribution in [3.05, 3.63) is 47.3 Å². The Bertz CT molecular complexity index is 729. The summed E-state index contributed by atoms with van der Waals surface area (Å²) in [5, 5.41) is 2.89. The van der Waals surface area contributed by atoms with E-state index in [9.17, 15) is 9.18 Å².